The number of aromatic nitrogens is 3. The maximum absolute atomic E-state index is 5.88. The third kappa shape index (κ3) is 4.88. The fraction of sp³-hybridized carbons (Fsp3) is 0.438. The van der Waals surface area contributed by atoms with Gasteiger partial charge >= 0.3 is 0 Å². The first-order chi connectivity index (χ1) is 10.6. The van der Waals surface area contributed by atoms with Crippen LogP contribution in [0.5, 0.6) is 0 Å². The normalized spacial score (nSPS) is 12.3. The first-order valence-electron chi connectivity index (χ1n) is 7.40. The number of hydrogen-bond donors (Lipinski definition) is 1. The number of pyridine rings is 1. The number of unbranched alkanes of at least 4 members (excludes halogenated alkanes) is 1. The van der Waals surface area contributed by atoms with Crippen LogP contribution < -0.4 is 5.73 Å². The standard InChI is InChI=1S/C16H22N4S2/c1-4-5-6-13(12-9-11(2)7-8-18-12)22-16-19-14(17)10-15(20-16)21-3/h7-10,13H,4-6H2,1-3H3,(H2,17,19,20). The Morgan fingerprint density at radius 2 is 2.09 bits per heavy atom. The Kier molecular flexibility index (Phi) is 6.51. The molecule has 1 atom stereocenters. The molecular formula is C16H22N4S2. The highest BCUT2D eigenvalue weighted by atomic mass is 32.2. The second-order valence-electron chi connectivity index (χ2n) is 5.12. The molecule has 0 aliphatic carbocycles. The van der Waals surface area contributed by atoms with Gasteiger partial charge in [-0.3, -0.25) is 4.98 Å². The van der Waals surface area contributed by atoms with Gasteiger partial charge in [-0.1, -0.05) is 31.5 Å². The van der Waals surface area contributed by atoms with Crippen molar-refractivity contribution in [2.45, 2.75) is 48.5 Å². The summed E-state index contributed by atoms with van der Waals surface area (Å²) in [7, 11) is 0. The Morgan fingerprint density at radius 1 is 1.27 bits per heavy atom. The largest absolute Gasteiger partial charge is 0.384 e. The van der Waals surface area contributed by atoms with Crippen LogP contribution in [0.15, 0.2) is 34.6 Å². The third-order valence-electron chi connectivity index (χ3n) is 3.25. The number of anilines is 1. The van der Waals surface area contributed by atoms with Crippen molar-refractivity contribution in [1.82, 2.24) is 15.0 Å². The van der Waals surface area contributed by atoms with Crippen molar-refractivity contribution < 1.29 is 0 Å². The first-order valence-corrected chi connectivity index (χ1v) is 9.50. The van der Waals surface area contributed by atoms with Crippen molar-refractivity contribution in [3.05, 3.63) is 35.7 Å². The lowest BCUT2D eigenvalue weighted by molar-refractivity contribution is 0.692. The lowest BCUT2D eigenvalue weighted by Gasteiger charge is -2.15. The molecule has 2 heterocycles. The Morgan fingerprint density at radius 3 is 2.77 bits per heavy atom. The van der Waals surface area contributed by atoms with E-state index in [1.807, 2.05) is 18.5 Å². The molecule has 0 amide bonds. The molecule has 1 unspecified atom stereocenters. The van der Waals surface area contributed by atoms with Crippen LogP contribution in [-0.2, 0) is 0 Å². The van der Waals surface area contributed by atoms with Crippen LogP contribution in [0.3, 0.4) is 0 Å². The number of aryl methyl sites for hydroxylation is 1. The molecule has 2 aromatic rings. The molecule has 0 aliphatic rings. The summed E-state index contributed by atoms with van der Waals surface area (Å²) in [6.07, 6.45) is 7.25. The van der Waals surface area contributed by atoms with Gasteiger partial charge < -0.3 is 5.73 Å². The second kappa shape index (κ2) is 8.39. The van der Waals surface area contributed by atoms with Crippen molar-refractivity contribution in [2.24, 2.45) is 0 Å². The molecule has 0 radical (unpaired) electrons. The quantitative estimate of drug-likeness (QED) is 0.456. The van der Waals surface area contributed by atoms with Crippen molar-refractivity contribution in [3.63, 3.8) is 0 Å². The van der Waals surface area contributed by atoms with E-state index in [0.717, 1.165) is 35.1 Å². The summed E-state index contributed by atoms with van der Waals surface area (Å²) in [5, 5.41) is 1.89. The van der Waals surface area contributed by atoms with Crippen LogP contribution in [-0.4, -0.2) is 21.2 Å². The molecule has 0 saturated heterocycles. The Labute approximate surface area is 140 Å². The van der Waals surface area contributed by atoms with Gasteiger partial charge in [0.15, 0.2) is 5.16 Å². The summed E-state index contributed by atoms with van der Waals surface area (Å²) in [4.78, 5) is 13.5. The van der Waals surface area contributed by atoms with Gasteiger partial charge in [0, 0.05) is 12.3 Å². The maximum Gasteiger partial charge on any atom is 0.191 e. The minimum atomic E-state index is 0.261. The highest BCUT2D eigenvalue weighted by Crippen LogP contribution is 2.37. The molecule has 0 spiro atoms. The van der Waals surface area contributed by atoms with E-state index < -0.39 is 0 Å². The zero-order valence-electron chi connectivity index (χ0n) is 13.2. The molecule has 2 N–H and O–H groups in total. The molecular weight excluding hydrogens is 312 g/mol. The summed E-state index contributed by atoms with van der Waals surface area (Å²) in [5.41, 5.74) is 8.20. The molecule has 0 saturated carbocycles. The van der Waals surface area contributed by atoms with Crippen molar-refractivity contribution in [2.75, 3.05) is 12.0 Å². The highest BCUT2D eigenvalue weighted by molar-refractivity contribution is 7.99. The smallest absolute Gasteiger partial charge is 0.191 e. The Hall–Kier alpha value is -1.27. The molecule has 118 valence electrons. The molecule has 0 fully saturated rings. The third-order valence-corrected chi connectivity index (χ3v) is 5.03. The number of nitrogens with zero attached hydrogens (tertiary/aromatic N) is 3. The molecule has 22 heavy (non-hydrogen) atoms. The van der Waals surface area contributed by atoms with Crippen LogP contribution in [0.1, 0.15) is 42.7 Å². The zero-order valence-corrected chi connectivity index (χ0v) is 14.9. The monoisotopic (exact) mass is 334 g/mol. The van der Waals surface area contributed by atoms with Crippen molar-refractivity contribution in [1.29, 1.82) is 0 Å². The van der Waals surface area contributed by atoms with E-state index >= 15 is 0 Å². The van der Waals surface area contributed by atoms with Crippen LogP contribution >= 0.6 is 23.5 Å². The Bertz CT molecular complexity index is 619. The molecule has 0 bridgehead atoms. The fourth-order valence-corrected chi connectivity index (χ4v) is 3.67. The van der Waals surface area contributed by atoms with Gasteiger partial charge in [-0.05, 0) is 37.3 Å². The SMILES string of the molecule is CCCCC(Sc1nc(N)cc(SC)n1)c1cc(C)ccn1. The summed E-state index contributed by atoms with van der Waals surface area (Å²) in [6.45, 7) is 4.30. The number of thioether (sulfide) groups is 2. The van der Waals surface area contributed by atoms with Crippen molar-refractivity contribution in [3.8, 4) is 0 Å². The molecule has 2 aromatic heterocycles. The fourth-order valence-electron chi connectivity index (χ4n) is 2.10. The Balaban J connectivity index is 2.24. The molecule has 0 aromatic carbocycles. The molecule has 6 heteroatoms. The van der Waals surface area contributed by atoms with Gasteiger partial charge in [0.1, 0.15) is 10.8 Å². The lowest BCUT2D eigenvalue weighted by Crippen LogP contribution is -2.02. The van der Waals surface area contributed by atoms with E-state index in [0.29, 0.717) is 5.82 Å². The lowest BCUT2D eigenvalue weighted by atomic mass is 10.1. The predicted octanol–water partition coefficient (Wildman–Crippen LogP) is 4.51. The number of nitrogens with two attached hydrogens (primary N) is 1. The molecule has 2 rings (SSSR count). The van der Waals surface area contributed by atoms with E-state index in [-0.39, 0.29) is 5.25 Å². The van der Waals surface area contributed by atoms with E-state index in [9.17, 15) is 0 Å². The number of hydrogen-bond acceptors (Lipinski definition) is 6. The number of rotatable bonds is 7. The summed E-state index contributed by atoms with van der Waals surface area (Å²) < 4.78 is 0. The van der Waals surface area contributed by atoms with E-state index in [4.69, 9.17) is 5.73 Å². The minimum Gasteiger partial charge on any atom is -0.384 e. The predicted molar refractivity (Wildman–Crippen MR) is 95.3 cm³/mol. The van der Waals surface area contributed by atoms with Gasteiger partial charge in [0.05, 0.1) is 10.9 Å². The van der Waals surface area contributed by atoms with Gasteiger partial charge in [0.2, 0.25) is 0 Å². The maximum atomic E-state index is 5.88. The van der Waals surface area contributed by atoms with Crippen LogP contribution in [0.2, 0.25) is 0 Å². The topological polar surface area (TPSA) is 64.7 Å². The van der Waals surface area contributed by atoms with Gasteiger partial charge in [-0.2, -0.15) is 0 Å². The summed E-state index contributed by atoms with van der Waals surface area (Å²) in [6, 6.07) is 5.98. The highest BCUT2D eigenvalue weighted by Gasteiger charge is 2.17. The van der Waals surface area contributed by atoms with E-state index in [1.54, 1.807) is 29.6 Å². The van der Waals surface area contributed by atoms with Crippen LogP contribution in [0, 0.1) is 6.92 Å². The van der Waals surface area contributed by atoms with E-state index in [1.165, 1.54) is 5.56 Å². The first kappa shape index (κ1) is 17.1. The van der Waals surface area contributed by atoms with E-state index in [2.05, 4.69) is 34.9 Å². The summed E-state index contributed by atoms with van der Waals surface area (Å²) >= 11 is 3.24. The summed E-state index contributed by atoms with van der Waals surface area (Å²) in [5.74, 6) is 0.522. The average molecular weight is 335 g/mol. The zero-order chi connectivity index (χ0) is 15.9. The molecule has 4 nitrogen and oxygen atoms in total. The van der Waals surface area contributed by atoms with Gasteiger partial charge in [-0.15, -0.1) is 11.8 Å². The second-order valence-corrected chi connectivity index (χ2v) is 7.12. The van der Waals surface area contributed by atoms with Gasteiger partial charge in [-0.25, -0.2) is 9.97 Å². The van der Waals surface area contributed by atoms with Crippen LogP contribution in [0.4, 0.5) is 5.82 Å². The van der Waals surface area contributed by atoms with Crippen molar-refractivity contribution >= 4 is 29.3 Å². The average Bonchev–Trinajstić information content (AvgIpc) is 2.50. The van der Waals surface area contributed by atoms with Crippen LogP contribution in [0.25, 0.3) is 0 Å². The minimum absolute atomic E-state index is 0.261. The van der Waals surface area contributed by atoms with Gasteiger partial charge in [0.25, 0.3) is 0 Å². The number of nitrogen functional groups attached to an aromatic ring is 1. The molecule has 0 aliphatic heterocycles.